The molecule has 7 heteroatoms. The zero-order valence-corrected chi connectivity index (χ0v) is 17.0. The summed E-state index contributed by atoms with van der Waals surface area (Å²) in [6, 6.07) is 15.7. The van der Waals surface area contributed by atoms with Crippen LogP contribution in [0.15, 0.2) is 54.2 Å². The number of carbonyl (C=O) groups is 2. The highest BCUT2D eigenvalue weighted by Gasteiger charge is 2.42. The van der Waals surface area contributed by atoms with Gasteiger partial charge >= 0.3 is 0 Å². The lowest BCUT2D eigenvalue weighted by Gasteiger charge is -2.34. The number of nitriles is 1. The molecule has 1 fully saturated rings. The largest absolute Gasteiger partial charge is 0.497 e. The average molecular weight is 402 g/mol. The summed E-state index contributed by atoms with van der Waals surface area (Å²) in [7, 11) is 3.63. The molecule has 0 radical (unpaired) electrons. The van der Waals surface area contributed by atoms with Gasteiger partial charge in [-0.3, -0.25) is 9.59 Å². The van der Waals surface area contributed by atoms with Crippen LogP contribution in [0.5, 0.6) is 5.75 Å². The third kappa shape index (κ3) is 3.42. The fourth-order valence-electron chi connectivity index (χ4n) is 3.78. The van der Waals surface area contributed by atoms with Crippen LogP contribution in [-0.4, -0.2) is 62.0 Å². The number of rotatable bonds is 4. The van der Waals surface area contributed by atoms with E-state index in [4.69, 9.17) is 10.00 Å². The molecule has 2 aliphatic heterocycles. The van der Waals surface area contributed by atoms with Crippen molar-refractivity contribution in [2.24, 2.45) is 0 Å². The molecule has 2 aromatic carbocycles. The van der Waals surface area contributed by atoms with E-state index >= 15 is 0 Å². The fraction of sp³-hybridized carbons (Fsp3) is 0.261. The van der Waals surface area contributed by atoms with Crippen LogP contribution in [0.2, 0.25) is 0 Å². The van der Waals surface area contributed by atoms with Crippen LogP contribution in [0, 0.1) is 11.3 Å². The molecule has 0 saturated carbocycles. The van der Waals surface area contributed by atoms with E-state index in [9.17, 15) is 9.59 Å². The molecule has 0 atom stereocenters. The van der Waals surface area contributed by atoms with Crippen LogP contribution in [0.25, 0.3) is 5.57 Å². The van der Waals surface area contributed by atoms with E-state index in [1.54, 1.807) is 55.6 Å². The van der Waals surface area contributed by atoms with E-state index in [1.165, 1.54) is 4.90 Å². The Morgan fingerprint density at radius 2 is 1.53 bits per heavy atom. The minimum absolute atomic E-state index is 0.333. The van der Waals surface area contributed by atoms with Crippen LogP contribution >= 0.6 is 0 Å². The normalized spacial score (nSPS) is 17.5. The Morgan fingerprint density at radius 1 is 0.900 bits per heavy atom. The van der Waals surface area contributed by atoms with Gasteiger partial charge in [-0.25, -0.2) is 4.90 Å². The predicted molar refractivity (Wildman–Crippen MR) is 113 cm³/mol. The van der Waals surface area contributed by atoms with Crippen molar-refractivity contribution in [2.75, 3.05) is 45.2 Å². The molecule has 2 aliphatic rings. The number of ether oxygens (including phenoxy) is 1. The number of hydrogen-bond donors (Lipinski definition) is 0. The van der Waals surface area contributed by atoms with Crippen LogP contribution in [0.1, 0.15) is 11.1 Å². The molecule has 0 aliphatic carbocycles. The van der Waals surface area contributed by atoms with Crippen molar-refractivity contribution in [3.8, 4) is 11.8 Å². The highest BCUT2D eigenvalue weighted by molar-refractivity contribution is 6.45. The van der Waals surface area contributed by atoms with E-state index in [-0.39, 0.29) is 11.8 Å². The molecule has 152 valence electrons. The standard InChI is InChI=1S/C23H22N4O3/c1-25-11-13-26(14-12-25)21-20(17-5-9-19(30-2)10-6-17)22(28)27(23(21)29)18-7-3-16(15-24)4-8-18/h3-10H,11-14H2,1-2H3. The maximum Gasteiger partial charge on any atom is 0.282 e. The zero-order chi connectivity index (χ0) is 21.3. The number of carbonyl (C=O) groups excluding carboxylic acids is 2. The van der Waals surface area contributed by atoms with Gasteiger partial charge < -0.3 is 14.5 Å². The monoisotopic (exact) mass is 402 g/mol. The van der Waals surface area contributed by atoms with Crippen LogP contribution in [-0.2, 0) is 9.59 Å². The first-order chi connectivity index (χ1) is 14.5. The van der Waals surface area contributed by atoms with Gasteiger partial charge in [0.15, 0.2) is 0 Å². The molecule has 30 heavy (non-hydrogen) atoms. The lowest BCUT2D eigenvalue weighted by atomic mass is 10.0. The summed E-state index contributed by atoms with van der Waals surface area (Å²) in [5, 5.41) is 9.04. The second kappa shape index (κ2) is 8.01. The van der Waals surface area contributed by atoms with Gasteiger partial charge in [0.1, 0.15) is 11.4 Å². The van der Waals surface area contributed by atoms with Crippen molar-refractivity contribution in [1.82, 2.24) is 9.80 Å². The summed E-state index contributed by atoms with van der Waals surface area (Å²) in [4.78, 5) is 32.3. The summed E-state index contributed by atoms with van der Waals surface area (Å²) in [5.41, 5.74) is 2.44. The van der Waals surface area contributed by atoms with Gasteiger partial charge in [-0.15, -0.1) is 0 Å². The number of anilines is 1. The number of piperazine rings is 1. The smallest absolute Gasteiger partial charge is 0.282 e. The van der Waals surface area contributed by atoms with Crippen LogP contribution in [0.4, 0.5) is 5.69 Å². The summed E-state index contributed by atoms with van der Waals surface area (Å²) >= 11 is 0. The molecule has 0 spiro atoms. The van der Waals surface area contributed by atoms with E-state index in [1.807, 2.05) is 11.9 Å². The highest BCUT2D eigenvalue weighted by Crippen LogP contribution is 2.35. The van der Waals surface area contributed by atoms with Crippen molar-refractivity contribution in [2.45, 2.75) is 0 Å². The molecule has 2 heterocycles. The highest BCUT2D eigenvalue weighted by atomic mass is 16.5. The van der Waals surface area contributed by atoms with Gasteiger partial charge in [0, 0.05) is 26.2 Å². The minimum Gasteiger partial charge on any atom is -0.497 e. The maximum atomic E-state index is 13.5. The topological polar surface area (TPSA) is 76.9 Å². The van der Waals surface area contributed by atoms with Crippen molar-refractivity contribution in [3.63, 3.8) is 0 Å². The minimum atomic E-state index is -0.358. The summed E-state index contributed by atoms with van der Waals surface area (Å²) < 4.78 is 5.23. The van der Waals surface area contributed by atoms with Crippen molar-refractivity contribution >= 4 is 23.1 Å². The number of methoxy groups -OCH3 is 1. The van der Waals surface area contributed by atoms with Crippen LogP contribution < -0.4 is 9.64 Å². The van der Waals surface area contributed by atoms with E-state index in [2.05, 4.69) is 11.0 Å². The maximum absolute atomic E-state index is 13.5. The first-order valence-electron chi connectivity index (χ1n) is 9.74. The molecule has 2 aromatic rings. The van der Waals surface area contributed by atoms with Gasteiger partial charge in [0.05, 0.1) is 30.0 Å². The molecular weight excluding hydrogens is 380 g/mol. The molecule has 0 aromatic heterocycles. The molecule has 4 rings (SSSR count). The van der Waals surface area contributed by atoms with Gasteiger partial charge in [-0.1, -0.05) is 12.1 Å². The Kier molecular flexibility index (Phi) is 5.25. The number of benzene rings is 2. The summed E-state index contributed by atoms with van der Waals surface area (Å²) in [6.45, 7) is 2.98. The van der Waals surface area contributed by atoms with E-state index in [0.29, 0.717) is 46.9 Å². The molecule has 2 amide bonds. The second-order valence-electron chi connectivity index (χ2n) is 7.35. The van der Waals surface area contributed by atoms with Gasteiger partial charge in [-0.05, 0) is 49.0 Å². The third-order valence-corrected chi connectivity index (χ3v) is 5.51. The van der Waals surface area contributed by atoms with Gasteiger partial charge in [-0.2, -0.15) is 5.26 Å². The third-order valence-electron chi connectivity index (χ3n) is 5.51. The molecule has 0 N–H and O–H groups in total. The van der Waals surface area contributed by atoms with Crippen LogP contribution in [0.3, 0.4) is 0 Å². The van der Waals surface area contributed by atoms with Crippen molar-refractivity contribution in [3.05, 3.63) is 65.4 Å². The second-order valence-corrected chi connectivity index (χ2v) is 7.35. The number of nitrogens with zero attached hydrogens (tertiary/aromatic N) is 4. The molecule has 1 saturated heterocycles. The number of imide groups is 1. The summed E-state index contributed by atoms with van der Waals surface area (Å²) in [5.74, 6) is -0.00917. The van der Waals surface area contributed by atoms with Gasteiger partial charge in [0.2, 0.25) is 0 Å². The molecule has 7 nitrogen and oxygen atoms in total. The Morgan fingerprint density at radius 3 is 2.10 bits per heavy atom. The summed E-state index contributed by atoms with van der Waals surface area (Å²) in [6.07, 6.45) is 0. The first kappa shape index (κ1) is 19.7. The SMILES string of the molecule is COc1ccc(C2=C(N3CCN(C)CC3)C(=O)N(c3ccc(C#N)cc3)C2=O)cc1. The molecule has 0 unspecified atom stereocenters. The average Bonchev–Trinajstić information content (AvgIpc) is 3.04. The predicted octanol–water partition coefficient (Wildman–Crippen LogP) is 2.10. The Bertz CT molecular complexity index is 1040. The van der Waals surface area contributed by atoms with E-state index in [0.717, 1.165) is 13.1 Å². The Hall–Kier alpha value is -3.63. The number of likely N-dealkylation sites (N-methyl/N-ethyl adjacent to an activating group) is 1. The number of hydrogen-bond acceptors (Lipinski definition) is 6. The first-order valence-corrected chi connectivity index (χ1v) is 9.74. The molecular formula is C23H22N4O3. The lowest BCUT2D eigenvalue weighted by Crippen LogP contribution is -2.46. The fourth-order valence-corrected chi connectivity index (χ4v) is 3.78. The zero-order valence-electron chi connectivity index (χ0n) is 17.0. The lowest BCUT2D eigenvalue weighted by molar-refractivity contribution is -0.120. The van der Waals surface area contributed by atoms with Gasteiger partial charge in [0.25, 0.3) is 11.8 Å². The van der Waals surface area contributed by atoms with Crippen molar-refractivity contribution < 1.29 is 14.3 Å². The quantitative estimate of drug-likeness (QED) is 0.729. The van der Waals surface area contributed by atoms with E-state index < -0.39 is 0 Å². The number of amides is 2. The molecule has 0 bridgehead atoms. The Balaban J connectivity index is 1.78. The van der Waals surface area contributed by atoms with Crippen molar-refractivity contribution in [1.29, 1.82) is 5.26 Å². The Labute approximate surface area is 175 Å².